The monoisotopic (exact) mass is 427 g/mol. The number of ketones is 1. The molecule has 0 unspecified atom stereocenters. The minimum absolute atomic E-state index is 0.104. The SMILES string of the molecule is COc1cc(/C=C2\Oc3c(ccc(O)c3CN3CCOCC3)C2=O)cc(OC)c1OC. The zero-order valence-electron chi connectivity index (χ0n) is 17.8. The molecule has 0 spiro atoms. The summed E-state index contributed by atoms with van der Waals surface area (Å²) in [6.45, 7) is 3.27. The highest BCUT2D eigenvalue weighted by Gasteiger charge is 2.32. The molecule has 31 heavy (non-hydrogen) atoms. The molecule has 164 valence electrons. The highest BCUT2D eigenvalue weighted by Crippen LogP contribution is 2.42. The summed E-state index contributed by atoms with van der Waals surface area (Å²) in [5, 5.41) is 10.4. The molecular weight excluding hydrogens is 402 g/mol. The number of phenols is 1. The van der Waals surface area contributed by atoms with Crippen molar-refractivity contribution in [2.75, 3.05) is 47.6 Å². The summed E-state index contributed by atoms with van der Waals surface area (Å²) in [5.41, 5.74) is 1.69. The van der Waals surface area contributed by atoms with Gasteiger partial charge in [-0.1, -0.05) is 0 Å². The number of morpholine rings is 1. The Bertz CT molecular complexity index is 1000. The van der Waals surface area contributed by atoms with E-state index in [2.05, 4.69) is 4.90 Å². The van der Waals surface area contributed by atoms with E-state index < -0.39 is 0 Å². The molecular formula is C23H25NO7. The van der Waals surface area contributed by atoms with Crippen LogP contribution in [-0.2, 0) is 11.3 Å². The number of hydrogen-bond donors (Lipinski definition) is 1. The first kappa shape index (κ1) is 21.0. The fourth-order valence-corrected chi connectivity index (χ4v) is 3.77. The second-order valence-electron chi connectivity index (χ2n) is 7.23. The van der Waals surface area contributed by atoms with Gasteiger partial charge in [0.25, 0.3) is 0 Å². The molecule has 0 radical (unpaired) electrons. The molecule has 0 aromatic heterocycles. The molecule has 2 aliphatic rings. The number of carbonyl (C=O) groups excluding carboxylic acids is 1. The topological polar surface area (TPSA) is 86.7 Å². The van der Waals surface area contributed by atoms with E-state index >= 15 is 0 Å². The second kappa shape index (κ2) is 8.87. The summed E-state index contributed by atoms with van der Waals surface area (Å²) in [4.78, 5) is 15.2. The molecule has 0 amide bonds. The van der Waals surface area contributed by atoms with Crippen LogP contribution in [0.25, 0.3) is 6.08 Å². The number of phenolic OH excluding ortho intramolecular Hbond substituents is 1. The maximum absolute atomic E-state index is 13.0. The largest absolute Gasteiger partial charge is 0.507 e. The molecule has 0 saturated carbocycles. The molecule has 2 aromatic rings. The van der Waals surface area contributed by atoms with E-state index in [1.807, 2.05) is 0 Å². The molecule has 0 bridgehead atoms. The molecule has 2 aliphatic heterocycles. The van der Waals surface area contributed by atoms with Gasteiger partial charge in [0, 0.05) is 19.6 Å². The number of rotatable bonds is 6. The number of Topliss-reactive ketones (excluding diaryl/α,β-unsaturated/α-hetero) is 1. The zero-order valence-corrected chi connectivity index (χ0v) is 17.8. The predicted molar refractivity (Wildman–Crippen MR) is 113 cm³/mol. The van der Waals surface area contributed by atoms with Gasteiger partial charge in [-0.05, 0) is 35.9 Å². The number of allylic oxidation sites excluding steroid dienone is 1. The van der Waals surface area contributed by atoms with E-state index in [1.54, 1.807) is 24.3 Å². The number of methoxy groups -OCH3 is 3. The Hall–Kier alpha value is -3.23. The van der Waals surface area contributed by atoms with E-state index in [0.717, 1.165) is 13.1 Å². The lowest BCUT2D eigenvalue weighted by molar-refractivity contribution is 0.0336. The first-order valence-electron chi connectivity index (χ1n) is 9.95. The Morgan fingerprint density at radius 1 is 1.06 bits per heavy atom. The fraction of sp³-hybridized carbons (Fsp3) is 0.348. The van der Waals surface area contributed by atoms with Crippen LogP contribution in [-0.4, -0.2) is 63.4 Å². The van der Waals surface area contributed by atoms with E-state index in [0.29, 0.717) is 59.4 Å². The van der Waals surface area contributed by atoms with Crippen molar-refractivity contribution in [1.82, 2.24) is 4.90 Å². The molecule has 0 aliphatic carbocycles. The molecule has 8 nitrogen and oxygen atoms in total. The lowest BCUT2D eigenvalue weighted by Gasteiger charge is -2.27. The molecule has 1 saturated heterocycles. The van der Waals surface area contributed by atoms with E-state index in [-0.39, 0.29) is 17.3 Å². The molecule has 0 atom stereocenters. The van der Waals surface area contributed by atoms with Crippen LogP contribution in [0.1, 0.15) is 21.5 Å². The van der Waals surface area contributed by atoms with Gasteiger partial charge in [0.2, 0.25) is 11.5 Å². The van der Waals surface area contributed by atoms with E-state index in [9.17, 15) is 9.90 Å². The maximum atomic E-state index is 13.0. The lowest BCUT2D eigenvalue weighted by atomic mass is 10.0. The van der Waals surface area contributed by atoms with Crippen LogP contribution in [0.15, 0.2) is 30.0 Å². The van der Waals surface area contributed by atoms with Crippen molar-refractivity contribution in [2.45, 2.75) is 6.54 Å². The number of ether oxygens (including phenoxy) is 5. The van der Waals surface area contributed by atoms with Crippen molar-refractivity contribution >= 4 is 11.9 Å². The highest BCUT2D eigenvalue weighted by atomic mass is 16.5. The van der Waals surface area contributed by atoms with Crippen molar-refractivity contribution in [2.24, 2.45) is 0 Å². The number of nitrogens with zero attached hydrogens (tertiary/aromatic N) is 1. The van der Waals surface area contributed by atoms with Gasteiger partial charge < -0.3 is 28.8 Å². The van der Waals surface area contributed by atoms with Gasteiger partial charge in [0.15, 0.2) is 17.3 Å². The normalized spacial score (nSPS) is 17.4. The Kier molecular flexibility index (Phi) is 6.01. The fourth-order valence-electron chi connectivity index (χ4n) is 3.77. The third-order valence-corrected chi connectivity index (χ3v) is 5.39. The van der Waals surface area contributed by atoms with Crippen LogP contribution >= 0.6 is 0 Å². The minimum atomic E-state index is -0.244. The number of hydrogen-bond acceptors (Lipinski definition) is 8. The average molecular weight is 427 g/mol. The quantitative estimate of drug-likeness (QED) is 0.705. The number of fused-ring (bicyclic) bond motifs is 1. The third-order valence-electron chi connectivity index (χ3n) is 5.39. The number of carbonyl (C=O) groups is 1. The number of aromatic hydroxyl groups is 1. The molecule has 2 aromatic carbocycles. The lowest BCUT2D eigenvalue weighted by Crippen LogP contribution is -2.35. The van der Waals surface area contributed by atoms with Crippen LogP contribution in [0.5, 0.6) is 28.7 Å². The minimum Gasteiger partial charge on any atom is -0.507 e. The summed E-state index contributed by atoms with van der Waals surface area (Å²) in [7, 11) is 4.59. The van der Waals surface area contributed by atoms with Crippen molar-refractivity contribution in [3.05, 3.63) is 46.7 Å². The maximum Gasteiger partial charge on any atom is 0.231 e. The van der Waals surface area contributed by atoms with Gasteiger partial charge in [-0.15, -0.1) is 0 Å². The number of benzene rings is 2. The Balaban J connectivity index is 1.68. The Morgan fingerprint density at radius 2 is 1.74 bits per heavy atom. The molecule has 1 N–H and O–H groups in total. The average Bonchev–Trinajstić information content (AvgIpc) is 3.11. The molecule has 1 fully saturated rings. The Labute approximate surface area is 180 Å². The van der Waals surface area contributed by atoms with Crippen molar-refractivity contribution in [3.8, 4) is 28.7 Å². The smallest absolute Gasteiger partial charge is 0.231 e. The van der Waals surface area contributed by atoms with E-state index in [4.69, 9.17) is 23.7 Å². The summed E-state index contributed by atoms with van der Waals surface area (Å²) in [5.74, 6) is 1.84. The summed E-state index contributed by atoms with van der Waals surface area (Å²) < 4.78 is 27.5. The van der Waals surface area contributed by atoms with Crippen LogP contribution < -0.4 is 18.9 Å². The molecule has 8 heteroatoms. The summed E-state index contributed by atoms with van der Waals surface area (Å²) in [6, 6.07) is 6.60. The predicted octanol–water partition coefficient (Wildman–Crippen LogP) is 2.87. The second-order valence-corrected chi connectivity index (χ2v) is 7.23. The van der Waals surface area contributed by atoms with Crippen molar-refractivity contribution in [3.63, 3.8) is 0 Å². The summed E-state index contributed by atoms with van der Waals surface area (Å²) in [6.07, 6.45) is 1.63. The van der Waals surface area contributed by atoms with Crippen LogP contribution in [0.4, 0.5) is 0 Å². The van der Waals surface area contributed by atoms with Gasteiger partial charge in [-0.2, -0.15) is 0 Å². The first-order valence-corrected chi connectivity index (χ1v) is 9.95. The zero-order chi connectivity index (χ0) is 22.0. The molecule has 2 heterocycles. The van der Waals surface area contributed by atoms with Crippen LogP contribution in [0.2, 0.25) is 0 Å². The summed E-state index contributed by atoms with van der Waals surface area (Å²) >= 11 is 0. The van der Waals surface area contributed by atoms with E-state index in [1.165, 1.54) is 27.4 Å². The van der Waals surface area contributed by atoms with Gasteiger partial charge >= 0.3 is 0 Å². The van der Waals surface area contributed by atoms with Crippen LogP contribution in [0.3, 0.4) is 0 Å². The van der Waals surface area contributed by atoms with Crippen LogP contribution in [0, 0.1) is 0 Å². The Morgan fingerprint density at radius 3 is 2.35 bits per heavy atom. The van der Waals surface area contributed by atoms with Crippen molar-refractivity contribution < 1.29 is 33.6 Å². The van der Waals surface area contributed by atoms with Gasteiger partial charge in [0.1, 0.15) is 11.5 Å². The highest BCUT2D eigenvalue weighted by molar-refractivity contribution is 6.15. The first-order chi connectivity index (χ1) is 15.0. The van der Waals surface area contributed by atoms with Crippen molar-refractivity contribution in [1.29, 1.82) is 0 Å². The van der Waals surface area contributed by atoms with Gasteiger partial charge in [-0.3, -0.25) is 9.69 Å². The standard InChI is InChI=1S/C23H25NO7/c1-27-19-11-14(12-20(28-2)23(19)29-3)10-18-21(26)15-4-5-17(25)16(22(15)31-18)13-24-6-8-30-9-7-24/h4-5,10-12,25H,6-9,13H2,1-3H3/b18-10-. The third kappa shape index (κ3) is 4.04. The van der Waals surface area contributed by atoms with Gasteiger partial charge in [-0.25, -0.2) is 0 Å². The molecule has 4 rings (SSSR count). The van der Waals surface area contributed by atoms with Gasteiger partial charge in [0.05, 0.1) is 45.7 Å².